The van der Waals surface area contributed by atoms with Crippen molar-refractivity contribution in [2.24, 2.45) is 11.1 Å². The number of hydrogen-bond donors (Lipinski definition) is 2. The molecule has 3 nitrogen and oxygen atoms in total. The van der Waals surface area contributed by atoms with Crippen LogP contribution in [-0.2, 0) is 4.79 Å². The lowest BCUT2D eigenvalue weighted by molar-refractivity contribution is -0.122. The van der Waals surface area contributed by atoms with Crippen LogP contribution in [0.15, 0.2) is 0 Å². The van der Waals surface area contributed by atoms with Gasteiger partial charge in [0.1, 0.15) is 11.6 Å². The van der Waals surface area contributed by atoms with Crippen molar-refractivity contribution in [3.05, 3.63) is 0 Å². The molecule has 158 valence electrons. The molecule has 1 rings (SSSR count). The van der Waals surface area contributed by atoms with Gasteiger partial charge in [-0.05, 0) is 19.3 Å². The van der Waals surface area contributed by atoms with Crippen LogP contribution in [0, 0.1) is 10.8 Å². The number of amidine groups is 1. The van der Waals surface area contributed by atoms with E-state index in [4.69, 9.17) is 11.1 Å². The maximum absolute atomic E-state index is 12.1. The Hall–Kier alpha value is -0.860. The summed E-state index contributed by atoms with van der Waals surface area (Å²) in [5.74, 6) is 0.315. The molecule has 3 N–H and O–H groups in total. The van der Waals surface area contributed by atoms with E-state index in [-0.39, 0.29) is 11.6 Å². The summed E-state index contributed by atoms with van der Waals surface area (Å²) in [7, 11) is 0. The third kappa shape index (κ3) is 10.9. The molecule has 0 spiro atoms. The first-order valence-electron chi connectivity index (χ1n) is 12.0. The normalized spacial score (nSPS) is 15.0. The van der Waals surface area contributed by atoms with Crippen molar-refractivity contribution in [3.8, 4) is 0 Å². The van der Waals surface area contributed by atoms with Crippen LogP contribution in [0.3, 0.4) is 0 Å². The summed E-state index contributed by atoms with van der Waals surface area (Å²) in [5, 5.41) is 7.55. The van der Waals surface area contributed by atoms with Crippen molar-refractivity contribution < 1.29 is 4.79 Å². The zero-order chi connectivity index (χ0) is 19.8. The summed E-state index contributed by atoms with van der Waals surface area (Å²) in [5.41, 5.74) is 5.03. The number of carbonyl (C=O) groups is 1. The summed E-state index contributed by atoms with van der Waals surface area (Å²) < 4.78 is 0. The largest absolute Gasteiger partial charge is 0.387 e. The Bertz CT molecular complexity index is 401. The zero-order valence-corrected chi connectivity index (χ0v) is 18.1. The summed E-state index contributed by atoms with van der Waals surface area (Å²) in [6, 6.07) is 0. The highest BCUT2D eigenvalue weighted by Crippen LogP contribution is 2.47. The molecule has 1 saturated carbocycles. The molecule has 0 atom stereocenters. The Morgan fingerprint density at radius 3 is 1.33 bits per heavy atom. The Morgan fingerprint density at radius 2 is 1.04 bits per heavy atom. The van der Waals surface area contributed by atoms with E-state index >= 15 is 0 Å². The van der Waals surface area contributed by atoms with Crippen LogP contribution >= 0.6 is 0 Å². The Labute approximate surface area is 168 Å². The number of nitrogens with one attached hydrogen (secondary N) is 1. The topological polar surface area (TPSA) is 66.9 Å². The van der Waals surface area contributed by atoms with Crippen molar-refractivity contribution in [1.29, 1.82) is 5.41 Å². The van der Waals surface area contributed by atoms with Gasteiger partial charge in [0.25, 0.3) is 0 Å². The molecule has 0 saturated heterocycles. The van der Waals surface area contributed by atoms with Gasteiger partial charge in [-0.1, -0.05) is 110 Å². The molecule has 0 amide bonds. The third-order valence-corrected chi connectivity index (χ3v) is 6.31. The molecule has 3 heteroatoms. The van der Waals surface area contributed by atoms with Gasteiger partial charge in [0.05, 0.1) is 5.41 Å². The second-order valence-electron chi connectivity index (χ2n) is 8.83. The van der Waals surface area contributed by atoms with Gasteiger partial charge in [-0.3, -0.25) is 10.2 Å². The smallest absolute Gasteiger partial charge is 0.146 e. The van der Waals surface area contributed by atoms with Gasteiger partial charge in [-0.25, -0.2) is 0 Å². The number of ketones is 1. The number of rotatable bonds is 20. The zero-order valence-electron chi connectivity index (χ0n) is 18.1. The number of carbonyl (C=O) groups excluding carboxylic acids is 1. The van der Waals surface area contributed by atoms with Crippen molar-refractivity contribution >= 4 is 11.6 Å². The predicted octanol–water partition coefficient (Wildman–Crippen LogP) is 7.31. The quantitative estimate of drug-likeness (QED) is 0.132. The number of nitrogens with two attached hydrogens (primary N) is 1. The van der Waals surface area contributed by atoms with Gasteiger partial charge in [0, 0.05) is 6.42 Å². The van der Waals surface area contributed by atoms with Crippen LogP contribution in [0.1, 0.15) is 135 Å². The van der Waals surface area contributed by atoms with E-state index in [1.54, 1.807) is 0 Å². The van der Waals surface area contributed by atoms with E-state index in [0.717, 1.165) is 25.7 Å². The second kappa shape index (κ2) is 15.1. The summed E-state index contributed by atoms with van der Waals surface area (Å²) in [4.78, 5) is 12.1. The van der Waals surface area contributed by atoms with Crippen LogP contribution in [0.25, 0.3) is 0 Å². The van der Waals surface area contributed by atoms with Gasteiger partial charge in [0.2, 0.25) is 0 Å². The highest BCUT2D eigenvalue weighted by Gasteiger charge is 2.51. The van der Waals surface area contributed by atoms with E-state index in [1.165, 1.54) is 96.3 Å². The highest BCUT2D eigenvalue weighted by molar-refractivity contribution is 6.09. The second-order valence-corrected chi connectivity index (χ2v) is 8.83. The summed E-state index contributed by atoms with van der Waals surface area (Å²) in [6.07, 6.45) is 25.3. The molecule has 1 aliphatic rings. The predicted molar refractivity (Wildman–Crippen MR) is 117 cm³/mol. The van der Waals surface area contributed by atoms with Crippen LogP contribution in [0.2, 0.25) is 0 Å². The lowest BCUT2D eigenvalue weighted by Gasteiger charge is -2.11. The molecule has 1 fully saturated rings. The molecule has 0 aromatic carbocycles. The van der Waals surface area contributed by atoms with Gasteiger partial charge in [-0.15, -0.1) is 0 Å². The first kappa shape index (κ1) is 24.2. The average Bonchev–Trinajstić information content (AvgIpc) is 3.46. The first-order chi connectivity index (χ1) is 13.1. The maximum atomic E-state index is 12.1. The lowest BCUT2D eigenvalue weighted by atomic mass is 9.95. The molecule has 0 aliphatic heterocycles. The standard InChI is InChI=1S/C24H46N2O/c1-2-3-4-5-6-7-8-9-10-11-12-13-14-15-16-17-18-19-22(27)24(20-21-24)23(25)26/h2-21H2,1H3,(H3,25,26). The van der Waals surface area contributed by atoms with Crippen LogP contribution < -0.4 is 5.73 Å². The Morgan fingerprint density at radius 1 is 0.704 bits per heavy atom. The van der Waals surface area contributed by atoms with E-state index in [2.05, 4.69) is 6.92 Å². The number of unbranched alkanes of at least 4 members (excludes halogenated alkanes) is 16. The van der Waals surface area contributed by atoms with Crippen LogP contribution in [-0.4, -0.2) is 11.6 Å². The first-order valence-corrected chi connectivity index (χ1v) is 12.0. The molecular weight excluding hydrogens is 332 g/mol. The summed E-state index contributed by atoms with van der Waals surface area (Å²) >= 11 is 0. The van der Waals surface area contributed by atoms with Gasteiger partial charge in [-0.2, -0.15) is 0 Å². The van der Waals surface area contributed by atoms with Crippen molar-refractivity contribution in [1.82, 2.24) is 0 Å². The van der Waals surface area contributed by atoms with Gasteiger partial charge < -0.3 is 5.73 Å². The number of hydrogen-bond acceptors (Lipinski definition) is 2. The molecule has 0 radical (unpaired) electrons. The van der Waals surface area contributed by atoms with E-state index in [0.29, 0.717) is 6.42 Å². The molecule has 0 aromatic heterocycles. The van der Waals surface area contributed by atoms with Crippen molar-refractivity contribution in [2.75, 3.05) is 0 Å². The van der Waals surface area contributed by atoms with Crippen molar-refractivity contribution in [3.63, 3.8) is 0 Å². The molecular formula is C24H46N2O. The fourth-order valence-corrected chi connectivity index (χ4v) is 4.07. The minimum absolute atomic E-state index is 0.0967. The molecule has 0 unspecified atom stereocenters. The fraction of sp³-hybridized carbons (Fsp3) is 0.917. The van der Waals surface area contributed by atoms with Gasteiger partial charge in [0.15, 0.2) is 0 Å². The van der Waals surface area contributed by atoms with E-state index < -0.39 is 5.41 Å². The van der Waals surface area contributed by atoms with E-state index in [1.807, 2.05) is 0 Å². The Kier molecular flexibility index (Phi) is 13.5. The Balaban J connectivity index is 1.75. The molecule has 0 heterocycles. The molecule has 1 aliphatic carbocycles. The molecule has 0 aromatic rings. The lowest BCUT2D eigenvalue weighted by Crippen LogP contribution is -2.31. The third-order valence-electron chi connectivity index (χ3n) is 6.31. The van der Waals surface area contributed by atoms with Crippen LogP contribution in [0.4, 0.5) is 0 Å². The fourth-order valence-electron chi connectivity index (χ4n) is 4.07. The van der Waals surface area contributed by atoms with Crippen molar-refractivity contribution in [2.45, 2.75) is 135 Å². The monoisotopic (exact) mass is 378 g/mol. The maximum Gasteiger partial charge on any atom is 0.146 e. The highest BCUT2D eigenvalue weighted by atomic mass is 16.1. The van der Waals surface area contributed by atoms with Crippen LogP contribution in [0.5, 0.6) is 0 Å². The SMILES string of the molecule is CCCCCCCCCCCCCCCCCCCC(=O)C1(C(=N)N)CC1. The van der Waals surface area contributed by atoms with E-state index in [9.17, 15) is 4.79 Å². The average molecular weight is 379 g/mol. The minimum atomic E-state index is -0.533. The minimum Gasteiger partial charge on any atom is -0.387 e. The molecule has 0 bridgehead atoms. The van der Waals surface area contributed by atoms with Gasteiger partial charge >= 0.3 is 0 Å². The summed E-state index contributed by atoms with van der Waals surface area (Å²) in [6.45, 7) is 2.28. The molecule has 27 heavy (non-hydrogen) atoms. The number of Topliss-reactive ketones (excluding diaryl/α,β-unsaturated/α-hetero) is 1.